The molecule has 1 aliphatic heterocycles. The van der Waals surface area contributed by atoms with Crippen molar-refractivity contribution in [2.75, 3.05) is 0 Å². The normalized spacial score (nSPS) is 15.9. The zero-order chi connectivity index (χ0) is 18.0. The summed E-state index contributed by atoms with van der Waals surface area (Å²) in [5.74, 6) is -0.443. The van der Waals surface area contributed by atoms with Gasteiger partial charge in [-0.25, -0.2) is 0 Å². The summed E-state index contributed by atoms with van der Waals surface area (Å²) in [4.78, 5) is 36.3. The third-order valence-electron chi connectivity index (χ3n) is 3.54. The maximum absolute atomic E-state index is 12.5. The van der Waals surface area contributed by atoms with Gasteiger partial charge >= 0.3 is 0 Å². The molecule has 1 saturated heterocycles. The third kappa shape index (κ3) is 3.72. The van der Waals surface area contributed by atoms with Crippen LogP contribution in [0.4, 0.5) is 10.5 Å². The second-order valence-corrected chi connectivity index (χ2v) is 6.61. The molecule has 0 atom stereocenters. The van der Waals surface area contributed by atoms with E-state index in [9.17, 15) is 19.7 Å². The first kappa shape index (κ1) is 17.2. The van der Waals surface area contributed by atoms with Gasteiger partial charge in [0.25, 0.3) is 16.8 Å². The highest BCUT2D eigenvalue weighted by Gasteiger charge is 2.35. The smallest absolute Gasteiger partial charge is 0.268 e. The molecule has 0 aromatic heterocycles. The minimum Gasteiger partial charge on any atom is -0.268 e. The van der Waals surface area contributed by atoms with Crippen molar-refractivity contribution in [1.82, 2.24) is 4.90 Å². The predicted octanol–water partition coefficient (Wildman–Crippen LogP) is 4.48. The lowest BCUT2D eigenvalue weighted by Gasteiger charge is -2.13. The first-order chi connectivity index (χ1) is 12.0. The highest BCUT2D eigenvalue weighted by atomic mass is 35.5. The Morgan fingerprint density at radius 2 is 1.92 bits per heavy atom. The number of imide groups is 1. The third-order valence-corrected chi connectivity index (χ3v) is 4.81. The van der Waals surface area contributed by atoms with Gasteiger partial charge in [0, 0.05) is 17.2 Å². The van der Waals surface area contributed by atoms with Crippen molar-refractivity contribution < 1.29 is 14.5 Å². The van der Waals surface area contributed by atoms with E-state index in [4.69, 9.17) is 11.6 Å². The van der Waals surface area contributed by atoms with Crippen molar-refractivity contribution in [2.45, 2.75) is 6.54 Å². The fraction of sp³-hybridized carbons (Fsp3) is 0.0588. The van der Waals surface area contributed by atoms with Gasteiger partial charge in [0.15, 0.2) is 0 Å². The molecule has 1 heterocycles. The number of nitro benzene ring substituents is 1. The van der Waals surface area contributed by atoms with Crippen LogP contribution >= 0.6 is 23.4 Å². The van der Waals surface area contributed by atoms with Crippen LogP contribution in [-0.2, 0) is 11.3 Å². The van der Waals surface area contributed by atoms with Crippen molar-refractivity contribution in [3.63, 3.8) is 0 Å². The summed E-state index contributed by atoms with van der Waals surface area (Å²) >= 11 is 6.88. The quantitative estimate of drug-likeness (QED) is 0.447. The Balaban J connectivity index is 1.85. The van der Waals surface area contributed by atoms with Crippen LogP contribution in [0, 0.1) is 10.1 Å². The molecule has 0 spiro atoms. The number of benzene rings is 2. The number of rotatable bonds is 4. The molecule has 2 aromatic rings. The largest absolute Gasteiger partial charge is 0.293 e. The standard InChI is InChI=1S/C17H11ClN2O4S/c18-14-7-2-1-5-12(14)10-19-16(21)15(25-17(19)22)9-11-4-3-6-13(8-11)20(23)24/h1-9H,10H2/b15-9-. The molecule has 2 amide bonds. The Morgan fingerprint density at radius 3 is 2.64 bits per heavy atom. The van der Waals surface area contributed by atoms with E-state index in [-0.39, 0.29) is 17.1 Å². The number of non-ortho nitro benzene ring substituents is 1. The second kappa shape index (κ2) is 7.08. The minimum absolute atomic E-state index is 0.0796. The molecule has 0 aliphatic carbocycles. The van der Waals surface area contributed by atoms with Crippen LogP contribution < -0.4 is 0 Å². The van der Waals surface area contributed by atoms with Crippen LogP contribution in [0.2, 0.25) is 5.02 Å². The van der Waals surface area contributed by atoms with Crippen LogP contribution in [0.1, 0.15) is 11.1 Å². The van der Waals surface area contributed by atoms with Gasteiger partial charge < -0.3 is 0 Å². The fourth-order valence-electron chi connectivity index (χ4n) is 2.31. The summed E-state index contributed by atoms with van der Waals surface area (Å²) in [5, 5.41) is 10.9. The van der Waals surface area contributed by atoms with Crippen molar-refractivity contribution in [3.8, 4) is 0 Å². The number of halogens is 1. The van der Waals surface area contributed by atoms with Gasteiger partial charge in [-0.3, -0.25) is 24.6 Å². The van der Waals surface area contributed by atoms with Crippen molar-refractivity contribution in [2.24, 2.45) is 0 Å². The number of nitrogens with zero attached hydrogens (tertiary/aromatic N) is 2. The zero-order valence-electron chi connectivity index (χ0n) is 12.7. The second-order valence-electron chi connectivity index (χ2n) is 5.21. The highest BCUT2D eigenvalue weighted by Crippen LogP contribution is 2.34. The van der Waals surface area contributed by atoms with E-state index in [2.05, 4.69) is 0 Å². The molecular weight excluding hydrogens is 364 g/mol. The molecule has 0 radical (unpaired) electrons. The molecule has 126 valence electrons. The molecule has 8 heteroatoms. The Kier molecular flexibility index (Phi) is 4.87. The Hall–Kier alpha value is -2.64. The molecule has 3 rings (SSSR count). The Bertz CT molecular complexity index is 913. The topological polar surface area (TPSA) is 80.5 Å². The van der Waals surface area contributed by atoms with Gasteiger partial charge in [0.2, 0.25) is 0 Å². The molecule has 1 fully saturated rings. The number of hydrogen-bond donors (Lipinski definition) is 0. The minimum atomic E-state index is -0.513. The summed E-state index contributed by atoms with van der Waals surface area (Å²) in [6.07, 6.45) is 1.48. The monoisotopic (exact) mass is 374 g/mol. The summed E-state index contributed by atoms with van der Waals surface area (Å²) in [6.45, 7) is 0.0800. The molecule has 25 heavy (non-hydrogen) atoms. The van der Waals surface area contributed by atoms with Crippen molar-refractivity contribution >= 4 is 46.3 Å². The van der Waals surface area contributed by atoms with Gasteiger partial charge in [0.05, 0.1) is 16.4 Å². The van der Waals surface area contributed by atoms with Crippen LogP contribution in [0.5, 0.6) is 0 Å². The first-order valence-electron chi connectivity index (χ1n) is 7.19. The van der Waals surface area contributed by atoms with Gasteiger partial charge in [-0.05, 0) is 35.0 Å². The predicted molar refractivity (Wildman–Crippen MR) is 96.1 cm³/mol. The lowest BCUT2D eigenvalue weighted by molar-refractivity contribution is -0.384. The number of carbonyl (C=O) groups excluding carboxylic acids is 2. The van der Waals surface area contributed by atoms with Gasteiger partial charge in [0.1, 0.15) is 0 Å². The summed E-state index contributed by atoms with van der Waals surface area (Å²) in [7, 11) is 0. The highest BCUT2D eigenvalue weighted by molar-refractivity contribution is 8.18. The van der Waals surface area contributed by atoms with E-state index in [1.807, 2.05) is 0 Å². The van der Waals surface area contributed by atoms with E-state index in [1.165, 1.54) is 24.3 Å². The average Bonchev–Trinajstić information content (AvgIpc) is 2.84. The maximum atomic E-state index is 12.5. The lowest BCUT2D eigenvalue weighted by atomic mass is 10.2. The summed E-state index contributed by atoms with van der Waals surface area (Å²) in [6, 6.07) is 12.8. The number of nitro groups is 1. The molecule has 0 unspecified atom stereocenters. The van der Waals surface area contributed by atoms with E-state index >= 15 is 0 Å². The van der Waals surface area contributed by atoms with Gasteiger partial charge in [-0.2, -0.15) is 0 Å². The maximum Gasteiger partial charge on any atom is 0.293 e. The molecule has 0 N–H and O–H groups in total. The van der Waals surface area contributed by atoms with Gasteiger partial charge in [-0.15, -0.1) is 0 Å². The Morgan fingerprint density at radius 1 is 1.16 bits per heavy atom. The molecule has 0 bridgehead atoms. The molecule has 2 aromatic carbocycles. The average molecular weight is 375 g/mol. The zero-order valence-corrected chi connectivity index (χ0v) is 14.3. The summed E-state index contributed by atoms with van der Waals surface area (Å²) in [5.41, 5.74) is 1.07. The summed E-state index contributed by atoms with van der Waals surface area (Å²) < 4.78 is 0. The number of hydrogen-bond acceptors (Lipinski definition) is 5. The molecule has 0 saturated carbocycles. The molecule has 6 nitrogen and oxygen atoms in total. The molecular formula is C17H11ClN2O4S. The van der Waals surface area contributed by atoms with Crippen LogP contribution in [0.25, 0.3) is 6.08 Å². The first-order valence-corrected chi connectivity index (χ1v) is 8.38. The Labute approximate surface area is 152 Å². The SMILES string of the molecule is O=C1S/C(=C\c2cccc([N+](=O)[O-])c2)C(=O)N1Cc1ccccc1Cl. The lowest BCUT2D eigenvalue weighted by Crippen LogP contribution is -2.27. The number of amides is 2. The van der Waals surface area contributed by atoms with Gasteiger partial charge in [-0.1, -0.05) is 41.9 Å². The van der Waals surface area contributed by atoms with E-state index in [0.29, 0.717) is 16.1 Å². The van der Waals surface area contributed by atoms with E-state index in [0.717, 1.165) is 16.7 Å². The van der Waals surface area contributed by atoms with Crippen LogP contribution in [0.3, 0.4) is 0 Å². The number of thioether (sulfide) groups is 1. The number of carbonyl (C=O) groups is 2. The molecule has 1 aliphatic rings. The van der Waals surface area contributed by atoms with Crippen LogP contribution in [-0.4, -0.2) is 21.0 Å². The van der Waals surface area contributed by atoms with Crippen molar-refractivity contribution in [1.29, 1.82) is 0 Å². The fourth-order valence-corrected chi connectivity index (χ4v) is 3.35. The van der Waals surface area contributed by atoms with E-state index < -0.39 is 16.1 Å². The van der Waals surface area contributed by atoms with Crippen molar-refractivity contribution in [3.05, 3.63) is 79.7 Å². The van der Waals surface area contributed by atoms with E-state index in [1.54, 1.807) is 30.3 Å². The van der Waals surface area contributed by atoms with Crippen LogP contribution in [0.15, 0.2) is 53.4 Å².